The number of ketones is 2. The van der Waals surface area contributed by atoms with E-state index < -0.39 is 0 Å². The number of Topliss-reactive ketones (excluding diaryl/α,β-unsaturated/α-hetero) is 2. The number of benzene rings is 2. The van der Waals surface area contributed by atoms with Gasteiger partial charge in [0.25, 0.3) is 0 Å². The van der Waals surface area contributed by atoms with E-state index in [1.165, 1.54) is 0 Å². The molecule has 3 nitrogen and oxygen atoms in total. The number of carbonyl (C=O) groups is 2. The molecule has 0 fully saturated rings. The maximum Gasteiger partial charge on any atom is 0.136 e. The van der Waals surface area contributed by atoms with Crippen molar-refractivity contribution in [3.05, 3.63) is 63.6 Å². The molecule has 0 N–H and O–H groups in total. The maximum atomic E-state index is 12.6. The van der Waals surface area contributed by atoms with Gasteiger partial charge in [-0.15, -0.1) is 0 Å². The lowest BCUT2D eigenvalue weighted by molar-refractivity contribution is -0.122. The van der Waals surface area contributed by atoms with Crippen molar-refractivity contribution in [2.75, 3.05) is 7.11 Å². The van der Waals surface area contributed by atoms with Gasteiger partial charge >= 0.3 is 0 Å². The number of hydrogen-bond acceptors (Lipinski definition) is 3. The minimum Gasteiger partial charge on any atom is -0.496 e. The van der Waals surface area contributed by atoms with Crippen LogP contribution in [0.4, 0.5) is 0 Å². The van der Waals surface area contributed by atoms with Crippen molar-refractivity contribution in [3.8, 4) is 5.75 Å². The van der Waals surface area contributed by atoms with Crippen molar-refractivity contribution in [3.63, 3.8) is 0 Å². The quantitative estimate of drug-likeness (QED) is 0.414. The topological polar surface area (TPSA) is 43.4 Å². The summed E-state index contributed by atoms with van der Waals surface area (Å²) < 4.78 is 6.51. The molecule has 0 heterocycles. The number of halogens is 1. The third-order valence-electron chi connectivity index (χ3n) is 5.32. The lowest BCUT2D eigenvalue weighted by Crippen LogP contribution is -2.15. The fraction of sp³-hybridized carbons (Fsp3) is 0.440. The molecule has 0 aliphatic rings. The van der Waals surface area contributed by atoms with Crippen molar-refractivity contribution in [1.29, 1.82) is 0 Å². The first-order chi connectivity index (χ1) is 13.8. The van der Waals surface area contributed by atoms with E-state index >= 15 is 0 Å². The highest BCUT2D eigenvalue weighted by atomic mass is 79.9. The van der Waals surface area contributed by atoms with Crippen LogP contribution in [-0.2, 0) is 28.9 Å². The molecule has 2 aromatic rings. The van der Waals surface area contributed by atoms with Crippen LogP contribution < -0.4 is 4.74 Å². The smallest absolute Gasteiger partial charge is 0.136 e. The van der Waals surface area contributed by atoms with Gasteiger partial charge in [0.15, 0.2) is 0 Å². The number of rotatable bonds is 11. The van der Waals surface area contributed by atoms with Crippen molar-refractivity contribution in [1.82, 2.24) is 0 Å². The third kappa shape index (κ3) is 7.11. The maximum absolute atomic E-state index is 12.6. The molecule has 0 aliphatic carbocycles. The molecule has 0 saturated heterocycles. The van der Waals surface area contributed by atoms with Crippen molar-refractivity contribution < 1.29 is 14.3 Å². The Morgan fingerprint density at radius 3 is 2.24 bits per heavy atom. The van der Waals surface area contributed by atoms with E-state index in [0.29, 0.717) is 25.7 Å². The van der Waals surface area contributed by atoms with Crippen LogP contribution >= 0.6 is 15.9 Å². The van der Waals surface area contributed by atoms with Crippen LogP contribution in [0.25, 0.3) is 0 Å². The summed E-state index contributed by atoms with van der Waals surface area (Å²) in [5.41, 5.74) is 3.31. The molecule has 2 rings (SSSR count). The minimum absolute atomic E-state index is 0.0453. The van der Waals surface area contributed by atoms with Gasteiger partial charge in [-0.3, -0.25) is 9.59 Å². The van der Waals surface area contributed by atoms with Gasteiger partial charge in [-0.05, 0) is 48.1 Å². The zero-order chi connectivity index (χ0) is 21.4. The normalized spacial score (nSPS) is 12.1. The van der Waals surface area contributed by atoms with Crippen LogP contribution in [0.1, 0.15) is 50.3 Å². The van der Waals surface area contributed by atoms with E-state index in [-0.39, 0.29) is 23.4 Å². The van der Waals surface area contributed by atoms with Crippen LogP contribution in [0.15, 0.2) is 46.9 Å². The second kappa shape index (κ2) is 11.3. The molecule has 2 aromatic carbocycles. The van der Waals surface area contributed by atoms with E-state index in [0.717, 1.165) is 33.3 Å². The van der Waals surface area contributed by atoms with Crippen LogP contribution in [0.3, 0.4) is 0 Å². The Hall–Kier alpha value is -1.94. The molecule has 0 radical (unpaired) electrons. The van der Waals surface area contributed by atoms with Crippen molar-refractivity contribution in [2.45, 2.75) is 52.9 Å². The zero-order valence-corrected chi connectivity index (χ0v) is 19.4. The lowest BCUT2D eigenvalue weighted by Gasteiger charge is -2.14. The molecule has 0 spiro atoms. The molecule has 29 heavy (non-hydrogen) atoms. The molecule has 156 valence electrons. The molecule has 0 aliphatic heterocycles. The summed E-state index contributed by atoms with van der Waals surface area (Å²) in [6.07, 6.45) is 3.16. The molecule has 0 bridgehead atoms. The second-order valence-corrected chi connectivity index (χ2v) is 8.78. The molecular formula is C25H31BrO3. The first-order valence-corrected chi connectivity index (χ1v) is 11.1. The van der Waals surface area contributed by atoms with Crippen LogP contribution in [-0.4, -0.2) is 18.7 Å². The summed E-state index contributed by atoms with van der Waals surface area (Å²) in [5.74, 6) is 1.34. The van der Waals surface area contributed by atoms with Crippen LogP contribution in [0, 0.1) is 11.8 Å². The number of ether oxygens (including phenoxy) is 1. The fourth-order valence-corrected chi connectivity index (χ4v) is 3.86. The molecule has 0 saturated carbocycles. The first kappa shape index (κ1) is 23.3. The SMILES string of the molecule is COc1ccc(CC(C)C(=O)CCc2ccccc2Br)cc1CCC(=O)C(C)C. The third-order valence-corrected chi connectivity index (χ3v) is 6.09. The molecule has 0 amide bonds. The van der Waals surface area contributed by atoms with Crippen LogP contribution in [0.5, 0.6) is 5.75 Å². The van der Waals surface area contributed by atoms with Gasteiger partial charge in [0.05, 0.1) is 7.11 Å². The number of carbonyl (C=O) groups excluding carboxylic acids is 2. The second-order valence-electron chi connectivity index (χ2n) is 7.93. The Labute approximate surface area is 183 Å². The standard InChI is InChI=1S/C25H31BrO3/c1-17(2)23(27)12-11-21-16-19(9-14-25(21)29-4)15-18(3)24(28)13-10-20-7-5-6-8-22(20)26/h5-9,14,16-18H,10-13,15H2,1-4H3. The summed E-state index contributed by atoms with van der Waals surface area (Å²) in [4.78, 5) is 24.6. The Balaban J connectivity index is 1.98. The summed E-state index contributed by atoms with van der Waals surface area (Å²) in [6, 6.07) is 14.1. The van der Waals surface area contributed by atoms with Gasteiger partial charge in [0, 0.05) is 29.2 Å². The minimum atomic E-state index is -0.0453. The average Bonchev–Trinajstić information content (AvgIpc) is 2.71. The number of hydrogen-bond donors (Lipinski definition) is 0. The van der Waals surface area contributed by atoms with Crippen molar-refractivity contribution in [2.24, 2.45) is 11.8 Å². The Morgan fingerprint density at radius 2 is 1.59 bits per heavy atom. The summed E-state index contributed by atoms with van der Waals surface area (Å²) >= 11 is 3.55. The molecule has 1 atom stereocenters. The Kier molecular flexibility index (Phi) is 9.09. The summed E-state index contributed by atoms with van der Waals surface area (Å²) in [6.45, 7) is 5.85. The predicted octanol–water partition coefficient (Wildman–Crippen LogP) is 6.00. The van der Waals surface area contributed by atoms with Gasteiger partial charge in [-0.2, -0.15) is 0 Å². The van der Waals surface area contributed by atoms with E-state index in [9.17, 15) is 9.59 Å². The van der Waals surface area contributed by atoms with E-state index in [1.54, 1.807) is 7.11 Å². The zero-order valence-electron chi connectivity index (χ0n) is 17.8. The predicted molar refractivity (Wildman–Crippen MR) is 121 cm³/mol. The highest BCUT2D eigenvalue weighted by molar-refractivity contribution is 9.10. The van der Waals surface area contributed by atoms with Crippen LogP contribution in [0.2, 0.25) is 0 Å². The molecule has 1 unspecified atom stereocenters. The van der Waals surface area contributed by atoms with E-state index in [4.69, 9.17) is 4.74 Å². The summed E-state index contributed by atoms with van der Waals surface area (Å²) in [7, 11) is 1.65. The monoisotopic (exact) mass is 458 g/mol. The molecular weight excluding hydrogens is 428 g/mol. The highest BCUT2D eigenvalue weighted by Crippen LogP contribution is 2.24. The lowest BCUT2D eigenvalue weighted by atomic mass is 9.91. The van der Waals surface area contributed by atoms with E-state index in [1.807, 2.05) is 51.1 Å². The van der Waals surface area contributed by atoms with Gasteiger partial charge in [0.2, 0.25) is 0 Å². The van der Waals surface area contributed by atoms with Crippen molar-refractivity contribution >= 4 is 27.5 Å². The molecule has 0 aromatic heterocycles. The van der Waals surface area contributed by atoms with Gasteiger partial charge in [0.1, 0.15) is 17.3 Å². The summed E-state index contributed by atoms with van der Waals surface area (Å²) in [5, 5.41) is 0. The van der Waals surface area contributed by atoms with Gasteiger partial charge in [-0.25, -0.2) is 0 Å². The first-order valence-electron chi connectivity index (χ1n) is 10.3. The largest absolute Gasteiger partial charge is 0.496 e. The highest BCUT2D eigenvalue weighted by Gasteiger charge is 2.16. The van der Waals surface area contributed by atoms with E-state index in [2.05, 4.69) is 28.1 Å². The number of methoxy groups -OCH3 is 1. The Morgan fingerprint density at radius 1 is 0.931 bits per heavy atom. The Bertz CT molecular complexity index is 842. The molecule has 4 heteroatoms. The van der Waals surface area contributed by atoms with Gasteiger partial charge in [-0.1, -0.05) is 67.0 Å². The number of aryl methyl sites for hydroxylation is 2. The fourth-order valence-electron chi connectivity index (χ4n) is 3.37. The average molecular weight is 459 g/mol. The van der Waals surface area contributed by atoms with Gasteiger partial charge < -0.3 is 4.74 Å².